The van der Waals surface area contributed by atoms with Gasteiger partial charge in [-0.05, 0) is 35.1 Å². The Balaban J connectivity index is 1.56. The molecule has 0 spiro atoms. The van der Waals surface area contributed by atoms with Crippen LogP contribution in [0.2, 0.25) is 0 Å². The molecule has 0 aliphatic rings. The lowest BCUT2D eigenvalue weighted by Gasteiger charge is -2.25. The van der Waals surface area contributed by atoms with Crippen molar-refractivity contribution in [1.82, 2.24) is 20.9 Å². The molecule has 5 N–H and O–H groups in total. The Morgan fingerprint density at radius 1 is 0.727 bits per heavy atom. The number of ether oxygens (including phenoxy) is 1. The van der Waals surface area contributed by atoms with Crippen molar-refractivity contribution in [1.29, 1.82) is 0 Å². The zero-order chi connectivity index (χ0) is 31.5. The summed E-state index contributed by atoms with van der Waals surface area (Å²) in [6.07, 6.45) is 1.43. The third kappa shape index (κ3) is 9.19. The zero-order valence-corrected chi connectivity index (χ0v) is 24.8. The minimum absolute atomic E-state index is 0.0133. The number of para-hydroxylation sites is 1. The summed E-state index contributed by atoms with van der Waals surface area (Å²) in [6, 6.07) is 22.5. The molecule has 0 unspecified atom stereocenters. The molecular weight excluding hydrogens is 560 g/mol. The van der Waals surface area contributed by atoms with Gasteiger partial charge in [0.15, 0.2) is 0 Å². The quantitative estimate of drug-likeness (QED) is 0.146. The number of carboxylic acids is 1. The summed E-state index contributed by atoms with van der Waals surface area (Å²) in [5.74, 6) is -2.39. The Morgan fingerprint density at radius 3 is 1.93 bits per heavy atom. The van der Waals surface area contributed by atoms with Crippen LogP contribution in [0.25, 0.3) is 10.9 Å². The van der Waals surface area contributed by atoms with E-state index in [0.29, 0.717) is 0 Å². The third-order valence-electron chi connectivity index (χ3n) is 7.16. The lowest BCUT2D eigenvalue weighted by molar-refractivity contribution is -0.142. The van der Waals surface area contributed by atoms with Gasteiger partial charge in [-0.15, -0.1) is 0 Å². The van der Waals surface area contributed by atoms with Crippen molar-refractivity contribution >= 4 is 34.8 Å². The van der Waals surface area contributed by atoms with E-state index in [2.05, 4.69) is 20.9 Å². The molecule has 0 bridgehead atoms. The van der Waals surface area contributed by atoms with E-state index < -0.39 is 42.0 Å². The Hall–Kier alpha value is -5.12. The van der Waals surface area contributed by atoms with Gasteiger partial charge in [0.05, 0.1) is 0 Å². The molecule has 10 heteroatoms. The van der Waals surface area contributed by atoms with E-state index in [4.69, 9.17) is 4.74 Å². The van der Waals surface area contributed by atoms with Crippen LogP contribution in [-0.4, -0.2) is 52.1 Å². The highest BCUT2D eigenvalue weighted by atomic mass is 16.5. The fourth-order valence-corrected chi connectivity index (χ4v) is 4.93. The summed E-state index contributed by atoms with van der Waals surface area (Å²) in [5, 5.41) is 18.7. The second kappa shape index (κ2) is 15.4. The molecule has 3 aromatic carbocycles. The van der Waals surface area contributed by atoms with Crippen LogP contribution >= 0.6 is 0 Å². The fourth-order valence-electron chi connectivity index (χ4n) is 4.93. The predicted molar refractivity (Wildman–Crippen MR) is 167 cm³/mol. The van der Waals surface area contributed by atoms with Crippen LogP contribution in [0, 0.1) is 5.92 Å². The molecule has 0 saturated heterocycles. The van der Waals surface area contributed by atoms with E-state index >= 15 is 0 Å². The van der Waals surface area contributed by atoms with Crippen molar-refractivity contribution in [3.63, 3.8) is 0 Å². The molecule has 1 heterocycles. The summed E-state index contributed by atoms with van der Waals surface area (Å²) in [7, 11) is 0. The highest BCUT2D eigenvalue weighted by Crippen LogP contribution is 2.20. The number of carboxylic acid groups (broad SMARTS) is 1. The zero-order valence-electron chi connectivity index (χ0n) is 24.8. The first-order valence-corrected chi connectivity index (χ1v) is 14.6. The van der Waals surface area contributed by atoms with E-state index in [1.807, 2.05) is 98.8 Å². The fraction of sp³-hybridized carbons (Fsp3) is 0.294. The SMILES string of the molecule is CC(C)C[C@H](NC(=O)[C@H](Cc1c[nH]c2ccccc12)NC(=O)[C@H](Cc1ccccc1)NC(=O)OCc1ccccc1)C(=O)O. The van der Waals surface area contributed by atoms with Crippen molar-refractivity contribution in [2.24, 2.45) is 5.92 Å². The van der Waals surface area contributed by atoms with Crippen molar-refractivity contribution in [2.45, 2.75) is 57.8 Å². The number of aliphatic carboxylic acids is 1. The molecule has 4 aromatic rings. The first kappa shape index (κ1) is 31.8. The number of aromatic amines is 1. The van der Waals surface area contributed by atoms with Gasteiger partial charge >= 0.3 is 12.1 Å². The average molecular weight is 599 g/mol. The average Bonchev–Trinajstić information content (AvgIpc) is 3.42. The smallest absolute Gasteiger partial charge is 0.408 e. The van der Waals surface area contributed by atoms with Gasteiger partial charge in [0.2, 0.25) is 11.8 Å². The molecule has 1 aromatic heterocycles. The van der Waals surface area contributed by atoms with E-state index in [-0.39, 0.29) is 31.8 Å². The van der Waals surface area contributed by atoms with Crippen molar-refractivity contribution < 1.29 is 29.0 Å². The number of amides is 3. The molecule has 0 fully saturated rings. The number of aromatic nitrogens is 1. The minimum Gasteiger partial charge on any atom is -0.480 e. The van der Waals surface area contributed by atoms with Crippen LogP contribution in [0.3, 0.4) is 0 Å². The van der Waals surface area contributed by atoms with Gasteiger partial charge in [-0.1, -0.05) is 92.7 Å². The van der Waals surface area contributed by atoms with Crippen LogP contribution in [0.5, 0.6) is 0 Å². The van der Waals surface area contributed by atoms with E-state index in [1.165, 1.54) is 0 Å². The minimum atomic E-state index is -1.16. The highest BCUT2D eigenvalue weighted by molar-refractivity contribution is 5.94. The van der Waals surface area contributed by atoms with Gasteiger partial charge in [0.1, 0.15) is 24.7 Å². The Bertz CT molecular complexity index is 1550. The summed E-state index contributed by atoms with van der Waals surface area (Å²) in [6.45, 7) is 3.75. The molecule has 3 atom stereocenters. The maximum atomic E-state index is 13.8. The van der Waals surface area contributed by atoms with E-state index in [9.17, 15) is 24.3 Å². The number of rotatable bonds is 14. The molecule has 10 nitrogen and oxygen atoms in total. The maximum absolute atomic E-state index is 13.8. The molecule has 0 aliphatic carbocycles. The third-order valence-corrected chi connectivity index (χ3v) is 7.16. The van der Waals surface area contributed by atoms with Crippen LogP contribution in [0.1, 0.15) is 37.0 Å². The lowest BCUT2D eigenvalue weighted by Crippen LogP contribution is -2.57. The van der Waals surface area contributed by atoms with Crippen LogP contribution in [0.4, 0.5) is 4.79 Å². The van der Waals surface area contributed by atoms with Gasteiger partial charge < -0.3 is 30.8 Å². The van der Waals surface area contributed by atoms with Gasteiger partial charge in [-0.25, -0.2) is 9.59 Å². The number of carbonyl (C=O) groups is 4. The van der Waals surface area contributed by atoms with E-state index in [1.54, 1.807) is 6.20 Å². The molecule has 4 rings (SSSR count). The van der Waals surface area contributed by atoms with Gasteiger partial charge in [-0.2, -0.15) is 0 Å². The second-order valence-corrected chi connectivity index (χ2v) is 11.1. The molecule has 0 saturated carbocycles. The van der Waals surface area contributed by atoms with Crippen molar-refractivity contribution in [3.8, 4) is 0 Å². The monoisotopic (exact) mass is 598 g/mol. The first-order valence-electron chi connectivity index (χ1n) is 14.6. The van der Waals surface area contributed by atoms with Crippen LogP contribution in [0.15, 0.2) is 91.1 Å². The molecule has 3 amide bonds. The van der Waals surface area contributed by atoms with Crippen LogP contribution in [-0.2, 0) is 38.6 Å². The van der Waals surface area contributed by atoms with Gasteiger partial charge in [-0.3, -0.25) is 9.59 Å². The normalized spacial score (nSPS) is 13.1. The predicted octanol–water partition coefficient (Wildman–Crippen LogP) is 4.35. The van der Waals surface area contributed by atoms with Gasteiger partial charge in [0, 0.05) is 29.9 Å². The second-order valence-electron chi connectivity index (χ2n) is 11.1. The molecule has 230 valence electrons. The molecule has 44 heavy (non-hydrogen) atoms. The van der Waals surface area contributed by atoms with Gasteiger partial charge in [0.25, 0.3) is 0 Å². The summed E-state index contributed by atoms with van der Waals surface area (Å²) >= 11 is 0. The highest BCUT2D eigenvalue weighted by Gasteiger charge is 2.31. The topological polar surface area (TPSA) is 150 Å². The molecule has 0 aliphatic heterocycles. The lowest BCUT2D eigenvalue weighted by atomic mass is 10.0. The van der Waals surface area contributed by atoms with E-state index in [0.717, 1.165) is 27.6 Å². The molecule has 0 radical (unpaired) electrons. The summed E-state index contributed by atoms with van der Waals surface area (Å²) < 4.78 is 5.37. The Morgan fingerprint density at radius 2 is 1.30 bits per heavy atom. The van der Waals surface area contributed by atoms with Crippen molar-refractivity contribution in [2.75, 3.05) is 0 Å². The number of hydrogen-bond acceptors (Lipinski definition) is 5. The number of nitrogens with one attached hydrogen (secondary N) is 4. The maximum Gasteiger partial charge on any atom is 0.408 e. The number of hydrogen-bond donors (Lipinski definition) is 5. The largest absolute Gasteiger partial charge is 0.480 e. The Labute approximate surface area is 256 Å². The summed E-state index contributed by atoms with van der Waals surface area (Å²) in [4.78, 5) is 55.3. The number of fused-ring (bicyclic) bond motifs is 1. The number of carbonyl (C=O) groups excluding carboxylic acids is 3. The number of alkyl carbamates (subject to hydrolysis) is 1. The van der Waals surface area contributed by atoms with Crippen molar-refractivity contribution in [3.05, 3.63) is 108 Å². The number of H-pyrrole nitrogens is 1. The first-order chi connectivity index (χ1) is 21.2. The number of benzene rings is 3. The Kier molecular flexibility index (Phi) is 11.1. The molecular formula is C34H38N4O6. The summed E-state index contributed by atoms with van der Waals surface area (Å²) in [5.41, 5.74) is 3.21. The standard InChI is InChI=1S/C34H38N4O6/c1-22(2)17-30(33(41)42)37-32(40)29(19-25-20-35-27-16-10-9-15-26(25)27)36-31(39)28(18-23-11-5-3-6-12-23)38-34(43)44-21-24-13-7-4-8-14-24/h3-16,20,22,28-30,35H,17-19,21H2,1-2H3,(H,36,39)(H,37,40)(H,38,43)(H,41,42)/t28-,29-,30-/m0/s1. The van der Waals surface area contributed by atoms with Crippen LogP contribution < -0.4 is 16.0 Å².